The van der Waals surface area contributed by atoms with Gasteiger partial charge in [-0.25, -0.2) is 0 Å². The molecule has 0 aromatic carbocycles. The van der Waals surface area contributed by atoms with Crippen molar-refractivity contribution < 1.29 is 0 Å². The maximum Gasteiger partial charge on any atom is 0.00777 e. The Morgan fingerprint density at radius 2 is 2.30 bits per heavy atom. The summed E-state index contributed by atoms with van der Waals surface area (Å²) in [6.07, 6.45) is 8.86. The quantitative estimate of drug-likeness (QED) is 0.542. The Hall–Kier alpha value is -0.750. The maximum atomic E-state index is 5.50. The van der Waals surface area contributed by atoms with Crippen LogP contribution >= 0.6 is 11.6 Å². The monoisotopic (exact) mass is 152 g/mol. The fourth-order valence-electron chi connectivity index (χ4n) is 0.807. The molecule has 1 aliphatic carbocycles. The molecule has 0 aromatic heterocycles. The van der Waals surface area contributed by atoms with Gasteiger partial charge in [-0.3, -0.25) is 0 Å². The van der Waals surface area contributed by atoms with Crippen LogP contribution in [0.25, 0.3) is 0 Å². The van der Waals surface area contributed by atoms with E-state index in [2.05, 4.69) is 12.7 Å². The fourth-order valence-corrected chi connectivity index (χ4v) is 0.969. The van der Waals surface area contributed by atoms with Crippen LogP contribution in [0, 0.1) is 0 Å². The molecule has 52 valence electrons. The predicted molar refractivity (Wildman–Crippen MR) is 46.0 cm³/mol. The lowest BCUT2D eigenvalue weighted by Crippen LogP contribution is -1.83. The van der Waals surface area contributed by atoms with E-state index < -0.39 is 0 Å². The molecule has 0 saturated heterocycles. The molecule has 0 N–H and O–H groups in total. The lowest BCUT2D eigenvalue weighted by molar-refractivity contribution is 1.25. The van der Waals surface area contributed by atoms with Gasteiger partial charge in [0, 0.05) is 5.54 Å². The standard InChI is InChI=1S/C9H9Cl/c1-2-8-3-5-9(7-10)6-4-8/h2-5,7H,1,6H2. The van der Waals surface area contributed by atoms with Crippen molar-refractivity contribution in [3.8, 4) is 0 Å². The third kappa shape index (κ3) is 1.61. The predicted octanol–water partition coefficient (Wildman–Crippen LogP) is 3.18. The van der Waals surface area contributed by atoms with Gasteiger partial charge in [-0.15, -0.1) is 0 Å². The van der Waals surface area contributed by atoms with E-state index in [1.807, 2.05) is 18.2 Å². The molecule has 0 atom stereocenters. The minimum atomic E-state index is 0.918. The first-order valence-electron chi connectivity index (χ1n) is 3.16. The second-order valence-corrected chi connectivity index (χ2v) is 2.35. The summed E-state index contributed by atoms with van der Waals surface area (Å²) in [4.78, 5) is 0. The molecule has 0 amide bonds. The molecule has 0 saturated carbocycles. The van der Waals surface area contributed by atoms with Gasteiger partial charge in [-0.1, -0.05) is 42.5 Å². The molecule has 0 bridgehead atoms. The average molecular weight is 153 g/mol. The van der Waals surface area contributed by atoms with Crippen LogP contribution in [0.15, 0.2) is 47.6 Å². The van der Waals surface area contributed by atoms with Crippen molar-refractivity contribution in [2.75, 3.05) is 0 Å². The summed E-state index contributed by atoms with van der Waals surface area (Å²) in [5, 5.41) is 0. The minimum absolute atomic E-state index is 0.918. The van der Waals surface area contributed by atoms with E-state index in [9.17, 15) is 0 Å². The van der Waals surface area contributed by atoms with Crippen LogP contribution in [0.2, 0.25) is 0 Å². The zero-order valence-electron chi connectivity index (χ0n) is 5.68. The highest BCUT2D eigenvalue weighted by atomic mass is 35.5. The highest BCUT2D eigenvalue weighted by Crippen LogP contribution is 2.16. The van der Waals surface area contributed by atoms with E-state index in [0.29, 0.717) is 0 Å². The van der Waals surface area contributed by atoms with Crippen LogP contribution in [0.1, 0.15) is 6.42 Å². The Morgan fingerprint density at radius 1 is 1.50 bits per heavy atom. The molecular formula is C9H9Cl. The number of halogens is 1. The zero-order valence-corrected chi connectivity index (χ0v) is 6.43. The van der Waals surface area contributed by atoms with Crippen molar-refractivity contribution in [1.82, 2.24) is 0 Å². The molecule has 0 heterocycles. The first-order chi connectivity index (χ1) is 4.86. The van der Waals surface area contributed by atoms with Crippen molar-refractivity contribution >= 4 is 11.6 Å². The summed E-state index contributed by atoms with van der Waals surface area (Å²) in [7, 11) is 0. The SMILES string of the molecule is C=CC1=CCC(=CCl)C=C1. The van der Waals surface area contributed by atoms with Gasteiger partial charge in [0.15, 0.2) is 0 Å². The molecule has 0 fully saturated rings. The topological polar surface area (TPSA) is 0 Å². The van der Waals surface area contributed by atoms with Crippen LogP contribution in [0.5, 0.6) is 0 Å². The first kappa shape index (κ1) is 7.36. The summed E-state index contributed by atoms with van der Waals surface area (Å²) in [6, 6.07) is 0. The van der Waals surface area contributed by atoms with E-state index >= 15 is 0 Å². The summed E-state index contributed by atoms with van der Waals surface area (Å²) in [5.41, 5.74) is 3.92. The van der Waals surface area contributed by atoms with Crippen molar-refractivity contribution in [1.29, 1.82) is 0 Å². The van der Waals surface area contributed by atoms with Crippen molar-refractivity contribution in [2.45, 2.75) is 6.42 Å². The fraction of sp³-hybridized carbons (Fsp3) is 0.111. The molecular weight excluding hydrogens is 144 g/mol. The molecule has 0 unspecified atom stereocenters. The van der Waals surface area contributed by atoms with Gasteiger partial charge in [-0.2, -0.15) is 0 Å². The average Bonchev–Trinajstić information content (AvgIpc) is 2.05. The van der Waals surface area contributed by atoms with Gasteiger partial charge in [-0.05, 0) is 17.6 Å². The Balaban J connectivity index is 2.72. The van der Waals surface area contributed by atoms with Gasteiger partial charge in [0.05, 0.1) is 0 Å². The molecule has 1 aliphatic rings. The van der Waals surface area contributed by atoms with Gasteiger partial charge in [0.2, 0.25) is 0 Å². The minimum Gasteiger partial charge on any atom is -0.0985 e. The smallest absolute Gasteiger partial charge is 0.00777 e. The zero-order chi connectivity index (χ0) is 7.40. The Kier molecular flexibility index (Phi) is 2.52. The third-order valence-electron chi connectivity index (χ3n) is 1.44. The van der Waals surface area contributed by atoms with Crippen molar-refractivity contribution in [3.05, 3.63) is 47.6 Å². The van der Waals surface area contributed by atoms with Crippen LogP contribution < -0.4 is 0 Å². The molecule has 1 heteroatoms. The Morgan fingerprint density at radius 3 is 2.70 bits per heavy atom. The van der Waals surface area contributed by atoms with E-state index in [1.54, 1.807) is 5.54 Å². The number of hydrogen-bond acceptors (Lipinski definition) is 0. The molecule has 0 nitrogen and oxygen atoms in total. The first-order valence-corrected chi connectivity index (χ1v) is 3.60. The van der Waals surface area contributed by atoms with E-state index in [1.165, 1.54) is 5.57 Å². The lowest BCUT2D eigenvalue weighted by Gasteiger charge is -2.03. The molecule has 0 spiro atoms. The highest BCUT2D eigenvalue weighted by molar-refractivity contribution is 6.25. The number of rotatable bonds is 1. The summed E-state index contributed by atoms with van der Waals surface area (Å²) in [6.45, 7) is 3.66. The van der Waals surface area contributed by atoms with Crippen LogP contribution in [-0.2, 0) is 0 Å². The summed E-state index contributed by atoms with van der Waals surface area (Å²) < 4.78 is 0. The second-order valence-electron chi connectivity index (χ2n) is 2.13. The Bertz CT molecular complexity index is 219. The third-order valence-corrected chi connectivity index (χ3v) is 1.72. The van der Waals surface area contributed by atoms with Gasteiger partial charge in [0.1, 0.15) is 0 Å². The molecule has 0 aliphatic heterocycles. The van der Waals surface area contributed by atoms with Gasteiger partial charge in [0.25, 0.3) is 0 Å². The summed E-state index contributed by atoms with van der Waals surface area (Å²) in [5.74, 6) is 0. The maximum absolute atomic E-state index is 5.50. The molecule has 0 aromatic rings. The highest BCUT2D eigenvalue weighted by Gasteiger charge is 1.95. The van der Waals surface area contributed by atoms with Gasteiger partial charge < -0.3 is 0 Å². The number of allylic oxidation sites excluding steroid dienone is 6. The number of hydrogen-bond donors (Lipinski definition) is 0. The Labute approximate surface area is 66.2 Å². The summed E-state index contributed by atoms with van der Waals surface area (Å²) >= 11 is 5.50. The lowest BCUT2D eigenvalue weighted by atomic mass is 10.0. The van der Waals surface area contributed by atoms with Crippen molar-refractivity contribution in [2.24, 2.45) is 0 Å². The van der Waals surface area contributed by atoms with E-state index in [-0.39, 0.29) is 0 Å². The van der Waals surface area contributed by atoms with Crippen molar-refractivity contribution in [3.63, 3.8) is 0 Å². The molecule has 1 rings (SSSR count). The van der Waals surface area contributed by atoms with E-state index in [4.69, 9.17) is 11.6 Å². The molecule has 0 radical (unpaired) electrons. The van der Waals surface area contributed by atoms with Gasteiger partial charge >= 0.3 is 0 Å². The molecule has 10 heavy (non-hydrogen) atoms. The second kappa shape index (κ2) is 3.43. The van der Waals surface area contributed by atoms with Crippen LogP contribution in [-0.4, -0.2) is 0 Å². The van der Waals surface area contributed by atoms with Crippen LogP contribution in [0.4, 0.5) is 0 Å². The largest absolute Gasteiger partial charge is 0.0985 e. The van der Waals surface area contributed by atoms with Crippen LogP contribution in [0.3, 0.4) is 0 Å². The normalized spacial score (nSPS) is 20.9. The van der Waals surface area contributed by atoms with E-state index in [0.717, 1.165) is 12.0 Å².